The highest BCUT2D eigenvalue weighted by Crippen LogP contribution is 2.28. The standard InChI is InChI=1S/C11H13F3N2O2/c1-18-11(17)10-15-4-7-3-2-6(5-16(7)10)8(12)9(13)14/h4,6,8-9H,2-3,5H2,1H3. The number of alkyl halides is 3. The van der Waals surface area contributed by atoms with Crippen molar-refractivity contribution in [3.05, 3.63) is 17.7 Å². The van der Waals surface area contributed by atoms with Crippen molar-refractivity contribution in [3.63, 3.8) is 0 Å². The third kappa shape index (κ3) is 2.21. The topological polar surface area (TPSA) is 44.1 Å². The normalized spacial score (nSPS) is 20.6. The SMILES string of the molecule is COC(=O)c1ncc2n1CC(C(F)C(F)F)CC2. The molecule has 0 saturated heterocycles. The van der Waals surface area contributed by atoms with Crippen LogP contribution < -0.4 is 0 Å². The minimum Gasteiger partial charge on any atom is -0.463 e. The van der Waals surface area contributed by atoms with E-state index in [1.807, 2.05) is 0 Å². The predicted octanol–water partition coefficient (Wildman–Crippen LogP) is 1.84. The van der Waals surface area contributed by atoms with Crippen molar-refractivity contribution in [2.24, 2.45) is 5.92 Å². The number of halogens is 3. The quantitative estimate of drug-likeness (QED) is 0.781. The van der Waals surface area contributed by atoms with Crippen LogP contribution in [0.2, 0.25) is 0 Å². The number of hydrogen-bond acceptors (Lipinski definition) is 3. The van der Waals surface area contributed by atoms with Crippen molar-refractivity contribution in [2.75, 3.05) is 7.11 Å². The van der Waals surface area contributed by atoms with Gasteiger partial charge in [0.1, 0.15) is 0 Å². The Labute approximate surface area is 102 Å². The number of carbonyl (C=O) groups excluding carboxylic acids is 1. The maximum Gasteiger partial charge on any atom is 0.374 e. The van der Waals surface area contributed by atoms with Gasteiger partial charge in [-0.15, -0.1) is 0 Å². The molecule has 2 heterocycles. The summed E-state index contributed by atoms with van der Waals surface area (Å²) in [4.78, 5) is 15.3. The van der Waals surface area contributed by atoms with Gasteiger partial charge in [0.05, 0.1) is 7.11 Å². The average molecular weight is 262 g/mol. The largest absolute Gasteiger partial charge is 0.463 e. The molecule has 18 heavy (non-hydrogen) atoms. The Morgan fingerprint density at radius 3 is 2.89 bits per heavy atom. The van der Waals surface area contributed by atoms with Gasteiger partial charge in [0, 0.05) is 24.4 Å². The Hall–Kier alpha value is -1.53. The van der Waals surface area contributed by atoms with E-state index in [1.54, 1.807) is 0 Å². The molecule has 7 heteroatoms. The smallest absolute Gasteiger partial charge is 0.374 e. The van der Waals surface area contributed by atoms with E-state index in [1.165, 1.54) is 17.9 Å². The average Bonchev–Trinajstić information content (AvgIpc) is 2.79. The van der Waals surface area contributed by atoms with Gasteiger partial charge in [-0.05, 0) is 12.8 Å². The number of aryl methyl sites for hydroxylation is 1. The Kier molecular flexibility index (Phi) is 3.58. The van der Waals surface area contributed by atoms with Crippen LogP contribution in [0.4, 0.5) is 13.2 Å². The molecule has 1 aliphatic rings. The van der Waals surface area contributed by atoms with Crippen LogP contribution in [0.1, 0.15) is 22.7 Å². The Bertz CT molecular complexity index is 447. The van der Waals surface area contributed by atoms with E-state index in [0.717, 1.165) is 5.69 Å². The molecule has 100 valence electrons. The second-order valence-corrected chi connectivity index (χ2v) is 4.25. The van der Waals surface area contributed by atoms with Gasteiger partial charge in [-0.3, -0.25) is 0 Å². The molecule has 0 fully saturated rings. The lowest BCUT2D eigenvalue weighted by Gasteiger charge is -2.27. The molecule has 2 rings (SSSR count). The fourth-order valence-corrected chi connectivity index (χ4v) is 2.19. The summed E-state index contributed by atoms with van der Waals surface area (Å²) in [5, 5.41) is 0. The number of esters is 1. The van der Waals surface area contributed by atoms with Gasteiger partial charge < -0.3 is 9.30 Å². The van der Waals surface area contributed by atoms with Crippen LogP contribution in [0.5, 0.6) is 0 Å². The lowest BCUT2D eigenvalue weighted by atomic mass is 9.93. The van der Waals surface area contributed by atoms with Crippen molar-refractivity contribution < 1.29 is 22.7 Å². The Balaban J connectivity index is 2.22. The fraction of sp³-hybridized carbons (Fsp3) is 0.636. The molecule has 0 N–H and O–H groups in total. The first-order valence-corrected chi connectivity index (χ1v) is 5.59. The van der Waals surface area contributed by atoms with E-state index < -0.39 is 24.5 Å². The molecule has 0 radical (unpaired) electrons. The molecular weight excluding hydrogens is 249 g/mol. The summed E-state index contributed by atoms with van der Waals surface area (Å²) in [6.07, 6.45) is -2.91. The highest BCUT2D eigenvalue weighted by atomic mass is 19.3. The third-order valence-electron chi connectivity index (χ3n) is 3.19. The van der Waals surface area contributed by atoms with Gasteiger partial charge in [-0.25, -0.2) is 22.9 Å². The lowest BCUT2D eigenvalue weighted by Crippen LogP contribution is -2.33. The van der Waals surface area contributed by atoms with E-state index in [2.05, 4.69) is 9.72 Å². The zero-order chi connectivity index (χ0) is 13.3. The first kappa shape index (κ1) is 12.9. The first-order valence-electron chi connectivity index (χ1n) is 5.59. The molecule has 4 nitrogen and oxygen atoms in total. The number of ether oxygens (including phenoxy) is 1. The number of methoxy groups -OCH3 is 1. The molecule has 1 aliphatic heterocycles. The van der Waals surface area contributed by atoms with Gasteiger partial charge >= 0.3 is 5.97 Å². The van der Waals surface area contributed by atoms with Crippen LogP contribution >= 0.6 is 0 Å². The molecule has 2 unspecified atom stereocenters. The maximum absolute atomic E-state index is 13.3. The Morgan fingerprint density at radius 1 is 1.56 bits per heavy atom. The molecule has 0 spiro atoms. The maximum atomic E-state index is 13.3. The van der Waals surface area contributed by atoms with Crippen molar-refractivity contribution in [3.8, 4) is 0 Å². The van der Waals surface area contributed by atoms with E-state index in [4.69, 9.17) is 0 Å². The van der Waals surface area contributed by atoms with Crippen molar-refractivity contribution in [1.29, 1.82) is 0 Å². The van der Waals surface area contributed by atoms with Crippen LogP contribution in [0.3, 0.4) is 0 Å². The monoisotopic (exact) mass is 262 g/mol. The number of aromatic nitrogens is 2. The summed E-state index contributed by atoms with van der Waals surface area (Å²) >= 11 is 0. The van der Waals surface area contributed by atoms with Crippen LogP contribution in [0.15, 0.2) is 6.20 Å². The number of imidazole rings is 1. The predicted molar refractivity (Wildman–Crippen MR) is 56.3 cm³/mol. The van der Waals surface area contributed by atoms with Gasteiger partial charge in [0.25, 0.3) is 6.43 Å². The lowest BCUT2D eigenvalue weighted by molar-refractivity contribution is 0.00535. The first-order chi connectivity index (χ1) is 8.54. The summed E-state index contributed by atoms with van der Waals surface area (Å²) in [6, 6.07) is 0. The van der Waals surface area contributed by atoms with E-state index in [9.17, 15) is 18.0 Å². The van der Waals surface area contributed by atoms with E-state index in [-0.39, 0.29) is 12.4 Å². The second-order valence-electron chi connectivity index (χ2n) is 4.25. The van der Waals surface area contributed by atoms with Gasteiger partial charge in [0.15, 0.2) is 6.17 Å². The summed E-state index contributed by atoms with van der Waals surface area (Å²) < 4.78 is 44.0. The highest BCUT2D eigenvalue weighted by Gasteiger charge is 2.34. The molecule has 0 amide bonds. The molecule has 0 saturated carbocycles. The highest BCUT2D eigenvalue weighted by molar-refractivity contribution is 5.85. The summed E-state index contributed by atoms with van der Waals surface area (Å²) in [7, 11) is 1.21. The van der Waals surface area contributed by atoms with Crippen LogP contribution in [0.25, 0.3) is 0 Å². The van der Waals surface area contributed by atoms with Crippen LogP contribution in [-0.2, 0) is 17.7 Å². The van der Waals surface area contributed by atoms with E-state index >= 15 is 0 Å². The summed E-state index contributed by atoms with van der Waals surface area (Å²) in [6.45, 7) is 0.0330. The zero-order valence-electron chi connectivity index (χ0n) is 9.78. The number of nitrogens with zero attached hydrogens (tertiary/aromatic N) is 2. The minimum absolute atomic E-state index is 0.0330. The third-order valence-corrected chi connectivity index (χ3v) is 3.19. The van der Waals surface area contributed by atoms with Gasteiger partial charge in [0.2, 0.25) is 5.82 Å². The van der Waals surface area contributed by atoms with Gasteiger partial charge in [-0.2, -0.15) is 0 Å². The number of rotatable bonds is 3. The number of hydrogen-bond donors (Lipinski definition) is 0. The molecule has 0 aliphatic carbocycles. The van der Waals surface area contributed by atoms with Crippen molar-refractivity contribution in [1.82, 2.24) is 9.55 Å². The second kappa shape index (κ2) is 4.99. The Morgan fingerprint density at radius 2 is 2.28 bits per heavy atom. The summed E-state index contributed by atoms with van der Waals surface area (Å²) in [5.74, 6) is -1.40. The molecular formula is C11H13F3N2O2. The van der Waals surface area contributed by atoms with Crippen LogP contribution in [-0.4, -0.2) is 35.2 Å². The molecule has 0 bridgehead atoms. The summed E-state index contributed by atoms with van der Waals surface area (Å²) in [5.41, 5.74) is 0.744. The van der Waals surface area contributed by atoms with E-state index in [0.29, 0.717) is 12.8 Å². The fourth-order valence-electron chi connectivity index (χ4n) is 2.19. The molecule has 2 atom stereocenters. The zero-order valence-corrected chi connectivity index (χ0v) is 9.78. The molecule has 1 aromatic heterocycles. The molecule has 1 aromatic rings. The number of fused-ring (bicyclic) bond motifs is 1. The van der Waals surface area contributed by atoms with Crippen LogP contribution in [0, 0.1) is 5.92 Å². The van der Waals surface area contributed by atoms with Crippen molar-refractivity contribution >= 4 is 5.97 Å². The van der Waals surface area contributed by atoms with Crippen molar-refractivity contribution in [2.45, 2.75) is 32.0 Å². The minimum atomic E-state index is -3.00. The van der Waals surface area contributed by atoms with Gasteiger partial charge in [-0.1, -0.05) is 0 Å². The number of carbonyl (C=O) groups is 1. The molecule has 0 aromatic carbocycles.